The lowest BCUT2D eigenvalue weighted by Gasteiger charge is -2.22. The summed E-state index contributed by atoms with van der Waals surface area (Å²) in [6.45, 7) is 5.97. The molecule has 8 heteroatoms. The van der Waals surface area contributed by atoms with Crippen molar-refractivity contribution in [3.8, 4) is 0 Å². The van der Waals surface area contributed by atoms with Crippen molar-refractivity contribution in [2.45, 2.75) is 45.7 Å². The maximum Gasteiger partial charge on any atom is 0.256 e. The molecule has 1 aliphatic rings. The van der Waals surface area contributed by atoms with Gasteiger partial charge in [-0.25, -0.2) is 13.1 Å². The number of fused-ring (bicyclic) bond motifs is 1. The zero-order valence-corrected chi connectivity index (χ0v) is 16.2. The van der Waals surface area contributed by atoms with Crippen LogP contribution in [-0.4, -0.2) is 36.4 Å². The van der Waals surface area contributed by atoms with Crippen LogP contribution in [0.3, 0.4) is 0 Å². The van der Waals surface area contributed by atoms with Gasteiger partial charge in [0.2, 0.25) is 10.0 Å². The minimum absolute atomic E-state index is 0.148. The first-order chi connectivity index (χ1) is 12.2. The average molecular weight is 376 g/mol. The zero-order chi connectivity index (χ0) is 19.1. The molecule has 0 aliphatic carbocycles. The second-order valence-corrected chi connectivity index (χ2v) is 8.69. The Labute approximate surface area is 154 Å². The third kappa shape index (κ3) is 3.33. The average Bonchev–Trinajstić information content (AvgIpc) is 3.15. The van der Waals surface area contributed by atoms with Gasteiger partial charge in [0.05, 0.1) is 24.2 Å². The van der Waals surface area contributed by atoms with Gasteiger partial charge in [-0.1, -0.05) is 6.92 Å². The van der Waals surface area contributed by atoms with E-state index in [1.807, 2.05) is 13.8 Å². The topological polar surface area (TPSA) is 84.3 Å². The maximum absolute atomic E-state index is 12.7. The van der Waals surface area contributed by atoms with Crippen LogP contribution in [0.1, 0.15) is 49.2 Å². The fourth-order valence-electron chi connectivity index (χ4n) is 3.38. The molecule has 1 aromatic carbocycles. The van der Waals surface area contributed by atoms with Crippen LogP contribution in [-0.2, 0) is 16.4 Å². The van der Waals surface area contributed by atoms with E-state index >= 15 is 0 Å². The molecule has 0 spiro atoms. The van der Waals surface area contributed by atoms with Gasteiger partial charge in [-0.05, 0) is 50.5 Å². The molecule has 1 N–H and O–H groups in total. The summed E-state index contributed by atoms with van der Waals surface area (Å²) < 4.78 is 27.2. The van der Waals surface area contributed by atoms with Crippen molar-refractivity contribution in [1.82, 2.24) is 9.78 Å². The first kappa shape index (κ1) is 18.4. The predicted octanol–water partition coefficient (Wildman–Crippen LogP) is 2.82. The number of amides is 1. The molecule has 3 rings (SSSR count). The van der Waals surface area contributed by atoms with Crippen LogP contribution in [0.25, 0.3) is 0 Å². The Bertz CT molecular complexity index is 936. The van der Waals surface area contributed by atoms with Crippen molar-refractivity contribution >= 4 is 27.4 Å². The lowest BCUT2D eigenvalue weighted by molar-refractivity contribution is 0.102. The van der Waals surface area contributed by atoms with Gasteiger partial charge in [-0.3, -0.25) is 9.10 Å². The lowest BCUT2D eigenvalue weighted by Crippen LogP contribution is -2.34. The fraction of sp³-hybridized carbons (Fsp3) is 0.444. The van der Waals surface area contributed by atoms with Gasteiger partial charge < -0.3 is 5.32 Å². The molecule has 2 unspecified atom stereocenters. The number of sulfonamides is 1. The highest BCUT2D eigenvalue weighted by molar-refractivity contribution is 7.92. The maximum atomic E-state index is 12.7. The van der Waals surface area contributed by atoms with Crippen LogP contribution in [0.4, 0.5) is 11.5 Å². The Hall–Kier alpha value is -2.35. The van der Waals surface area contributed by atoms with Gasteiger partial charge in [-0.15, -0.1) is 0 Å². The van der Waals surface area contributed by atoms with Crippen molar-refractivity contribution in [3.05, 3.63) is 41.6 Å². The number of anilines is 2. The van der Waals surface area contributed by atoms with Gasteiger partial charge >= 0.3 is 0 Å². The molecule has 140 valence electrons. The first-order valence-corrected chi connectivity index (χ1v) is 10.5. The molecule has 0 radical (unpaired) electrons. The van der Waals surface area contributed by atoms with E-state index in [4.69, 9.17) is 0 Å². The monoisotopic (exact) mass is 376 g/mol. The highest BCUT2D eigenvalue weighted by atomic mass is 32.2. The van der Waals surface area contributed by atoms with Crippen LogP contribution in [0.15, 0.2) is 30.5 Å². The molecule has 0 bridgehead atoms. The van der Waals surface area contributed by atoms with Crippen LogP contribution in [0.2, 0.25) is 0 Å². The van der Waals surface area contributed by atoms with E-state index in [-0.39, 0.29) is 18.0 Å². The number of benzene rings is 1. The quantitative estimate of drug-likeness (QED) is 0.870. The molecule has 1 aromatic heterocycles. The molecular formula is C18H24N4O3S. The van der Waals surface area contributed by atoms with Crippen LogP contribution >= 0.6 is 0 Å². The summed E-state index contributed by atoms with van der Waals surface area (Å²) in [5, 5.41) is 7.16. The number of hydrogen-bond donors (Lipinski definition) is 1. The van der Waals surface area contributed by atoms with Gasteiger partial charge in [0.25, 0.3) is 5.91 Å². The minimum Gasteiger partial charge on any atom is -0.307 e. The van der Waals surface area contributed by atoms with Crippen LogP contribution < -0.4 is 9.62 Å². The summed E-state index contributed by atoms with van der Waals surface area (Å²) in [5.41, 5.74) is 2.02. The molecule has 2 atom stereocenters. The summed E-state index contributed by atoms with van der Waals surface area (Å²) in [7, 11) is -3.34. The Balaban J connectivity index is 1.85. The SMILES string of the molecule is CCC(C)n1nccc1NC(=O)c1ccc2c(c1)CC(C)N2S(C)(=O)=O. The number of carbonyl (C=O) groups is 1. The normalized spacial score (nSPS) is 17.8. The fourth-order valence-corrected chi connectivity index (χ4v) is 4.64. The van der Waals surface area contributed by atoms with Crippen LogP contribution in [0.5, 0.6) is 0 Å². The number of nitrogens with zero attached hydrogens (tertiary/aromatic N) is 3. The standard InChI is InChI=1S/C18H24N4O3S/c1-5-12(2)21-17(8-9-19-21)20-18(23)14-6-7-16-15(11-14)10-13(3)22(16)26(4,24)25/h6-9,11-13H,5,10H2,1-4H3,(H,20,23). The van der Waals surface area contributed by atoms with Crippen molar-refractivity contribution in [2.75, 3.05) is 15.9 Å². The van der Waals surface area contributed by atoms with E-state index in [2.05, 4.69) is 17.3 Å². The summed E-state index contributed by atoms with van der Waals surface area (Å²) in [6.07, 6.45) is 4.36. The first-order valence-electron chi connectivity index (χ1n) is 8.69. The molecule has 1 amide bonds. The molecule has 0 saturated carbocycles. The molecule has 26 heavy (non-hydrogen) atoms. The second-order valence-electron chi connectivity index (χ2n) is 6.83. The lowest BCUT2D eigenvalue weighted by atomic mass is 10.1. The predicted molar refractivity (Wildman–Crippen MR) is 102 cm³/mol. The van der Waals surface area contributed by atoms with Gasteiger partial charge in [0.15, 0.2) is 0 Å². The number of rotatable bonds is 5. The summed E-state index contributed by atoms with van der Waals surface area (Å²) >= 11 is 0. The molecule has 0 fully saturated rings. The largest absolute Gasteiger partial charge is 0.307 e. The molecule has 7 nitrogen and oxygen atoms in total. The summed E-state index contributed by atoms with van der Waals surface area (Å²) in [4.78, 5) is 12.7. The zero-order valence-electron chi connectivity index (χ0n) is 15.4. The van der Waals surface area contributed by atoms with E-state index < -0.39 is 10.0 Å². The third-order valence-electron chi connectivity index (χ3n) is 4.77. The van der Waals surface area contributed by atoms with E-state index in [0.717, 1.165) is 12.0 Å². The van der Waals surface area contributed by atoms with Crippen molar-refractivity contribution < 1.29 is 13.2 Å². The second kappa shape index (κ2) is 6.75. The van der Waals surface area contributed by atoms with Crippen molar-refractivity contribution in [3.63, 3.8) is 0 Å². The Kier molecular flexibility index (Phi) is 4.79. The van der Waals surface area contributed by atoms with E-state index in [9.17, 15) is 13.2 Å². The van der Waals surface area contributed by atoms with Crippen LogP contribution in [0, 0.1) is 0 Å². The summed E-state index contributed by atoms with van der Waals surface area (Å²) in [6, 6.07) is 6.95. The van der Waals surface area contributed by atoms with Crippen molar-refractivity contribution in [1.29, 1.82) is 0 Å². The number of aromatic nitrogens is 2. The highest BCUT2D eigenvalue weighted by Gasteiger charge is 2.32. The Morgan fingerprint density at radius 1 is 1.38 bits per heavy atom. The number of nitrogens with one attached hydrogen (secondary N) is 1. The minimum atomic E-state index is -3.34. The highest BCUT2D eigenvalue weighted by Crippen LogP contribution is 2.34. The smallest absolute Gasteiger partial charge is 0.256 e. The molecule has 2 heterocycles. The number of hydrogen-bond acceptors (Lipinski definition) is 4. The van der Waals surface area contributed by atoms with Gasteiger partial charge in [-0.2, -0.15) is 5.10 Å². The molecular weight excluding hydrogens is 352 g/mol. The third-order valence-corrected chi connectivity index (χ3v) is 6.04. The number of carbonyl (C=O) groups excluding carboxylic acids is 1. The Morgan fingerprint density at radius 2 is 2.12 bits per heavy atom. The van der Waals surface area contributed by atoms with Gasteiger partial charge in [0.1, 0.15) is 5.82 Å². The summed E-state index contributed by atoms with van der Waals surface area (Å²) in [5.74, 6) is 0.416. The van der Waals surface area contributed by atoms with E-state index in [1.54, 1.807) is 35.1 Å². The van der Waals surface area contributed by atoms with Gasteiger partial charge in [0, 0.05) is 17.7 Å². The Morgan fingerprint density at radius 3 is 2.77 bits per heavy atom. The van der Waals surface area contributed by atoms with E-state index in [1.165, 1.54) is 10.6 Å². The molecule has 2 aromatic rings. The van der Waals surface area contributed by atoms with Crippen molar-refractivity contribution in [2.24, 2.45) is 0 Å². The van der Waals surface area contributed by atoms with E-state index in [0.29, 0.717) is 23.5 Å². The molecule has 0 saturated heterocycles. The molecule has 1 aliphatic heterocycles.